The van der Waals surface area contributed by atoms with E-state index in [4.69, 9.17) is 0 Å². The van der Waals surface area contributed by atoms with E-state index < -0.39 is 0 Å². The van der Waals surface area contributed by atoms with Crippen LogP contribution >= 0.6 is 0 Å². The molecule has 0 aliphatic heterocycles. The number of hydrogen-bond donors (Lipinski definition) is 1. The molecule has 1 heterocycles. The van der Waals surface area contributed by atoms with Gasteiger partial charge < -0.3 is 5.32 Å². The molecule has 0 spiro atoms. The van der Waals surface area contributed by atoms with Crippen molar-refractivity contribution in [2.24, 2.45) is 0 Å². The highest BCUT2D eigenvalue weighted by molar-refractivity contribution is 5.92. The van der Waals surface area contributed by atoms with Crippen molar-refractivity contribution in [3.05, 3.63) is 17.5 Å². The van der Waals surface area contributed by atoms with E-state index in [1.165, 1.54) is 0 Å². The lowest BCUT2D eigenvalue weighted by Gasteiger charge is -2.30. The third-order valence-corrected chi connectivity index (χ3v) is 3.90. The SMILES string of the molecule is CCn1nc(C(C)C)cc1C(=O)NCCN(C(C)C)C(C)C. The zero-order valence-electron chi connectivity index (χ0n) is 15.2. The molecule has 0 aliphatic rings. The van der Waals surface area contributed by atoms with Gasteiger partial charge in [0.05, 0.1) is 5.69 Å². The summed E-state index contributed by atoms with van der Waals surface area (Å²) in [5.41, 5.74) is 1.63. The van der Waals surface area contributed by atoms with E-state index in [-0.39, 0.29) is 5.91 Å². The molecule has 22 heavy (non-hydrogen) atoms. The number of aryl methyl sites for hydroxylation is 1. The number of aromatic nitrogens is 2. The number of nitrogens with one attached hydrogen (secondary N) is 1. The van der Waals surface area contributed by atoms with Crippen LogP contribution in [0.5, 0.6) is 0 Å². The maximum atomic E-state index is 12.4. The maximum Gasteiger partial charge on any atom is 0.269 e. The molecular formula is C17H32N4O. The van der Waals surface area contributed by atoms with Gasteiger partial charge in [-0.25, -0.2) is 0 Å². The summed E-state index contributed by atoms with van der Waals surface area (Å²) in [5.74, 6) is 0.297. The summed E-state index contributed by atoms with van der Waals surface area (Å²) in [6.45, 7) is 17.1. The molecule has 5 heteroatoms. The van der Waals surface area contributed by atoms with Gasteiger partial charge in [-0.15, -0.1) is 0 Å². The van der Waals surface area contributed by atoms with Crippen molar-refractivity contribution in [1.29, 1.82) is 0 Å². The Bertz CT molecular complexity index is 469. The van der Waals surface area contributed by atoms with Crippen molar-refractivity contribution in [2.45, 2.75) is 73.0 Å². The largest absolute Gasteiger partial charge is 0.349 e. The Hall–Kier alpha value is -1.36. The van der Waals surface area contributed by atoms with Crippen molar-refractivity contribution in [3.8, 4) is 0 Å². The predicted octanol–water partition coefficient (Wildman–Crippen LogP) is 2.88. The Morgan fingerprint density at radius 3 is 2.27 bits per heavy atom. The van der Waals surface area contributed by atoms with Crippen molar-refractivity contribution in [2.75, 3.05) is 13.1 Å². The number of hydrogen-bond acceptors (Lipinski definition) is 3. The van der Waals surface area contributed by atoms with Gasteiger partial charge in [0.25, 0.3) is 5.91 Å². The molecule has 1 rings (SSSR count). The van der Waals surface area contributed by atoms with Gasteiger partial charge in [-0.1, -0.05) is 13.8 Å². The molecule has 0 saturated heterocycles. The average molecular weight is 308 g/mol. The van der Waals surface area contributed by atoms with Crippen molar-refractivity contribution >= 4 is 5.91 Å². The number of carbonyl (C=O) groups is 1. The predicted molar refractivity (Wildman–Crippen MR) is 91.3 cm³/mol. The van der Waals surface area contributed by atoms with Gasteiger partial charge >= 0.3 is 0 Å². The van der Waals surface area contributed by atoms with Gasteiger partial charge in [0.1, 0.15) is 5.69 Å². The first-order valence-electron chi connectivity index (χ1n) is 8.39. The Morgan fingerprint density at radius 2 is 1.82 bits per heavy atom. The van der Waals surface area contributed by atoms with E-state index in [2.05, 4.69) is 56.9 Å². The van der Waals surface area contributed by atoms with Gasteiger partial charge in [0, 0.05) is 31.7 Å². The minimum atomic E-state index is -0.0336. The van der Waals surface area contributed by atoms with Crippen molar-refractivity contribution in [1.82, 2.24) is 20.0 Å². The monoisotopic (exact) mass is 308 g/mol. The Kier molecular flexibility index (Phi) is 7.07. The van der Waals surface area contributed by atoms with Gasteiger partial charge in [-0.3, -0.25) is 14.4 Å². The van der Waals surface area contributed by atoms with Crippen LogP contribution in [0.15, 0.2) is 6.07 Å². The summed E-state index contributed by atoms with van der Waals surface area (Å²) >= 11 is 0. The molecule has 0 bridgehead atoms. The third kappa shape index (κ3) is 4.83. The summed E-state index contributed by atoms with van der Waals surface area (Å²) in [7, 11) is 0. The second-order valence-corrected chi connectivity index (χ2v) is 6.61. The molecule has 0 aliphatic carbocycles. The summed E-state index contributed by atoms with van der Waals surface area (Å²) in [5, 5.41) is 7.52. The van der Waals surface area contributed by atoms with Crippen molar-refractivity contribution in [3.63, 3.8) is 0 Å². The van der Waals surface area contributed by atoms with Crippen LogP contribution in [0.2, 0.25) is 0 Å². The molecule has 1 N–H and O–H groups in total. The van der Waals surface area contributed by atoms with E-state index in [1.807, 2.05) is 13.0 Å². The van der Waals surface area contributed by atoms with Crippen LogP contribution in [0.4, 0.5) is 0 Å². The molecule has 1 amide bonds. The van der Waals surface area contributed by atoms with Crippen LogP contribution in [0.1, 0.15) is 70.6 Å². The van der Waals surface area contributed by atoms with Gasteiger partial charge in [-0.05, 0) is 46.6 Å². The van der Waals surface area contributed by atoms with Gasteiger partial charge in [0.2, 0.25) is 0 Å². The highest BCUT2D eigenvalue weighted by Crippen LogP contribution is 2.14. The van der Waals surface area contributed by atoms with E-state index >= 15 is 0 Å². The summed E-state index contributed by atoms with van der Waals surface area (Å²) in [4.78, 5) is 14.8. The molecule has 0 unspecified atom stereocenters. The van der Waals surface area contributed by atoms with Crippen molar-refractivity contribution < 1.29 is 4.79 Å². The number of amides is 1. The second-order valence-electron chi connectivity index (χ2n) is 6.61. The van der Waals surface area contributed by atoms with Crippen LogP contribution in [-0.4, -0.2) is 45.8 Å². The molecule has 5 nitrogen and oxygen atoms in total. The number of nitrogens with zero attached hydrogens (tertiary/aromatic N) is 3. The standard InChI is InChI=1S/C17H32N4O/c1-8-21-16(11-15(19-21)12(2)3)17(22)18-9-10-20(13(4)5)14(6)7/h11-14H,8-10H2,1-7H3,(H,18,22). The molecule has 0 atom stereocenters. The Labute approximate surface area is 135 Å². The molecule has 1 aromatic rings. The van der Waals surface area contributed by atoms with E-state index in [1.54, 1.807) is 4.68 Å². The molecule has 0 aromatic carbocycles. The fourth-order valence-electron chi connectivity index (χ4n) is 2.64. The minimum Gasteiger partial charge on any atom is -0.349 e. The fraction of sp³-hybridized carbons (Fsp3) is 0.765. The Morgan fingerprint density at radius 1 is 1.23 bits per heavy atom. The van der Waals surface area contributed by atoms with Crippen LogP contribution < -0.4 is 5.32 Å². The fourth-order valence-corrected chi connectivity index (χ4v) is 2.64. The third-order valence-electron chi connectivity index (χ3n) is 3.90. The molecule has 1 aromatic heterocycles. The first kappa shape index (κ1) is 18.7. The first-order chi connectivity index (χ1) is 10.3. The summed E-state index contributed by atoms with van der Waals surface area (Å²) < 4.78 is 1.79. The van der Waals surface area contributed by atoms with E-state index in [0.29, 0.717) is 36.8 Å². The Balaban J connectivity index is 2.66. The lowest BCUT2D eigenvalue weighted by molar-refractivity contribution is 0.0929. The topological polar surface area (TPSA) is 50.2 Å². The molecule has 126 valence electrons. The lowest BCUT2D eigenvalue weighted by Crippen LogP contribution is -2.42. The first-order valence-corrected chi connectivity index (χ1v) is 8.39. The highest BCUT2D eigenvalue weighted by Gasteiger charge is 2.17. The molecule has 0 saturated carbocycles. The van der Waals surface area contributed by atoms with Crippen LogP contribution in [0, 0.1) is 0 Å². The van der Waals surface area contributed by atoms with Crippen LogP contribution in [-0.2, 0) is 6.54 Å². The molecular weight excluding hydrogens is 276 g/mol. The summed E-state index contributed by atoms with van der Waals surface area (Å²) in [6, 6.07) is 2.86. The van der Waals surface area contributed by atoms with E-state index in [9.17, 15) is 4.79 Å². The van der Waals surface area contributed by atoms with Crippen LogP contribution in [0.25, 0.3) is 0 Å². The van der Waals surface area contributed by atoms with Gasteiger partial charge in [0.15, 0.2) is 0 Å². The number of carbonyl (C=O) groups excluding carboxylic acids is 1. The molecule has 0 fully saturated rings. The lowest BCUT2D eigenvalue weighted by atomic mass is 10.1. The van der Waals surface area contributed by atoms with E-state index in [0.717, 1.165) is 12.2 Å². The van der Waals surface area contributed by atoms with Crippen LogP contribution in [0.3, 0.4) is 0 Å². The molecule has 0 radical (unpaired) electrons. The minimum absolute atomic E-state index is 0.0336. The zero-order valence-corrected chi connectivity index (χ0v) is 15.2. The highest BCUT2D eigenvalue weighted by atomic mass is 16.2. The zero-order chi connectivity index (χ0) is 16.9. The summed E-state index contributed by atoms with van der Waals surface area (Å²) in [6.07, 6.45) is 0. The quantitative estimate of drug-likeness (QED) is 0.803. The second kappa shape index (κ2) is 8.32. The van der Waals surface area contributed by atoms with Gasteiger partial charge in [-0.2, -0.15) is 5.10 Å². The normalized spacial score (nSPS) is 12.0. The maximum absolute atomic E-state index is 12.4. The average Bonchev–Trinajstić information content (AvgIpc) is 2.86. The number of rotatable bonds is 8. The smallest absolute Gasteiger partial charge is 0.269 e.